The van der Waals surface area contributed by atoms with E-state index in [0.717, 1.165) is 30.2 Å². The molecule has 2 N–H and O–H groups in total. The number of hydrogen-bond acceptors (Lipinski definition) is 3. The zero-order valence-electron chi connectivity index (χ0n) is 13.2. The molecule has 1 saturated carbocycles. The number of halogens is 2. The van der Waals surface area contributed by atoms with Crippen molar-refractivity contribution in [3.8, 4) is 11.5 Å². The minimum atomic E-state index is 0. The lowest BCUT2D eigenvalue weighted by molar-refractivity contribution is 0.297. The van der Waals surface area contributed by atoms with Gasteiger partial charge in [-0.15, -0.1) is 24.0 Å². The molecule has 0 bridgehead atoms. The Kier molecular flexibility index (Phi) is 7.08. The molecule has 1 aliphatic heterocycles. The molecule has 128 valence electrons. The molecule has 0 spiro atoms. The lowest BCUT2D eigenvalue weighted by atomic mass is 10.2. The van der Waals surface area contributed by atoms with Crippen LogP contribution < -0.4 is 20.1 Å². The second-order valence-corrected chi connectivity index (χ2v) is 5.98. The molecule has 0 unspecified atom stereocenters. The quantitative estimate of drug-likeness (QED) is 0.419. The van der Waals surface area contributed by atoms with Crippen molar-refractivity contribution in [1.82, 2.24) is 10.6 Å². The molecule has 23 heavy (non-hydrogen) atoms. The largest absolute Gasteiger partial charge is 0.489 e. The first kappa shape index (κ1) is 18.4. The first-order valence-electron chi connectivity index (χ1n) is 7.89. The van der Waals surface area contributed by atoms with Gasteiger partial charge in [-0.25, -0.2) is 4.99 Å². The van der Waals surface area contributed by atoms with Gasteiger partial charge in [0.25, 0.3) is 0 Å². The van der Waals surface area contributed by atoms with Gasteiger partial charge in [0.05, 0.1) is 24.8 Å². The van der Waals surface area contributed by atoms with E-state index in [0.29, 0.717) is 36.6 Å². The fourth-order valence-corrected chi connectivity index (χ4v) is 2.57. The van der Waals surface area contributed by atoms with Crippen molar-refractivity contribution in [1.29, 1.82) is 0 Å². The summed E-state index contributed by atoms with van der Waals surface area (Å²) in [5, 5.41) is 7.25. The SMILES string of the molecule is CCNC(=NCc1cc(Cl)c2c(c1)OCCCO2)NC1CC1.I. The highest BCUT2D eigenvalue weighted by molar-refractivity contribution is 14.0. The number of ether oxygens (including phenoxy) is 2. The van der Waals surface area contributed by atoms with E-state index in [1.165, 1.54) is 12.8 Å². The van der Waals surface area contributed by atoms with Gasteiger partial charge in [-0.05, 0) is 37.5 Å². The summed E-state index contributed by atoms with van der Waals surface area (Å²) >= 11 is 6.31. The Labute approximate surface area is 159 Å². The zero-order chi connectivity index (χ0) is 15.4. The third-order valence-corrected chi connectivity index (χ3v) is 3.82. The lowest BCUT2D eigenvalue weighted by Crippen LogP contribution is -2.38. The number of nitrogens with one attached hydrogen (secondary N) is 2. The van der Waals surface area contributed by atoms with Crippen LogP contribution in [0.4, 0.5) is 0 Å². The Hall–Kier alpha value is -0.890. The Morgan fingerprint density at radius 3 is 2.83 bits per heavy atom. The Balaban J connectivity index is 0.00000192. The van der Waals surface area contributed by atoms with Crippen molar-refractivity contribution in [2.45, 2.75) is 38.8 Å². The van der Waals surface area contributed by atoms with Crippen LogP contribution in [0.3, 0.4) is 0 Å². The predicted molar refractivity (Wildman–Crippen MR) is 103 cm³/mol. The Bertz CT molecular complexity index is 565. The number of nitrogens with zero attached hydrogens (tertiary/aromatic N) is 1. The highest BCUT2D eigenvalue weighted by Crippen LogP contribution is 2.38. The van der Waals surface area contributed by atoms with Gasteiger partial charge in [0.2, 0.25) is 0 Å². The Morgan fingerprint density at radius 2 is 2.09 bits per heavy atom. The summed E-state index contributed by atoms with van der Waals surface area (Å²) in [7, 11) is 0. The molecular formula is C16H23ClIN3O2. The van der Waals surface area contributed by atoms with E-state index in [4.69, 9.17) is 21.1 Å². The molecule has 0 radical (unpaired) electrons. The van der Waals surface area contributed by atoms with Gasteiger partial charge in [0, 0.05) is 19.0 Å². The number of guanidine groups is 1. The van der Waals surface area contributed by atoms with Gasteiger partial charge in [0.15, 0.2) is 17.5 Å². The van der Waals surface area contributed by atoms with E-state index in [2.05, 4.69) is 22.5 Å². The number of fused-ring (bicyclic) bond motifs is 1. The molecule has 1 heterocycles. The summed E-state index contributed by atoms with van der Waals surface area (Å²) in [6.07, 6.45) is 3.31. The van der Waals surface area contributed by atoms with E-state index in [9.17, 15) is 0 Å². The van der Waals surface area contributed by atoms with Crippen LogP contribution in [0.1, 0.15) is 31.7 Å². The summed E-state index contributed by atoms with van der Waals surface area (Å²) in [6.45, 7) is 4.76. The second kappa shape index (κ2) is 8.82. The van der Waals surface area contributed by atoms with Gasteiger partial charge >= 0.3 is 0 Å². The first-order chi connectivity index (χ1) is 10.8. The summed E-state index contributed by atoms with van der Waals surface area (Å²) in [5.74, 6) is 2.22. The fourth-order valence-electron chi connectivity index (χ4n) is 2.29. The minimum absolute atomic E-state index is 0. The van der Waals surface area contributed by atoms with Gasteiger partial charge in [-0.3, -0.25) is 0 Å². The zero-order valence-corrected chi connectivity index (χ0v) is 16.3. The average Bonchev–Trinajstić information content (AvgIpc) is 3.31. The maximum atomic E-state index is 6.31. The van der Waals surface area contributed by atoms with E-state index in [1.54, 1.807) is 0 Å². The molecule has 7 heteroatoms. The first-order valence-corrected chi connectivity index (χ1v) is 8.27. The smallest absolute Gasteiger partial charge is 0.191 e. The standard InChI is InChI=1S/C16H22ClN3O2.HI/c1-2-18-16(20-12-4-5-12)19-10-11-8-13(17)15-14(9-11)21-6-3-7-22-15;/h8-9,12H,2-7,10H2,1H3,(H2,18,19,20);1H. The van der Waals surface area contributed by atoms with Gasteiger partial charge in [-0.1, -0.05) is 11.6 Å². The third-order valence-electron chi connectivity index (χ3n) is 3.54. The van der Waals surface area contributed by atoms with Crippen molar-refractivity contribution >= 4 is 41.5 Å². The molecule has 0 saturated heterocycles. The van der Waals surface area contributed by atoms with Crippen LogP contribution in [0, 0.1) is 0 Å². The highest BCUT2D eigenvalue weighted by Gasteiger charge is 2.22. The van der Waals surface area contributed by atoms with Crippen molar-refractivity contribution in [2.75, 3.05) is 19.8 Å². The van der Waals surface area contributed by atoms with Crippen molar-refractivity contribution < 1.29 is 9.47 Å². The number of rotatable bonds is 4. The van der Waals surface area contributed by atoms with Gasteiger partial charge < -0.3 is 20.1 Å². The Morgan fingerprint density at radius 1 is 1.30 bits per heavy atom. The molecule has 0 amide bonds. The molecule has 3 rings (SSSR count). The molecule has 1 fully saturated rings. The van der Waals surface area contributed by atoms with E-state index in [-0.39, 0.29) is 24.0 Å². The van der Waals surface area contributed by atoms with Crippen LogP contribution in [-0.4, -0.2) is 31.8 Å². The van der Waals surface area contributed by atoms with E-state index >= 15 is 0 Å². The molecule has 0 aromatic heterocycles. The van der Waals surface area contributed by atoms with Crippen molar-refractivity contribution in [3.05, 3.63) is 22.7 Å². The molecule has 1 aromatic carbocycles. The van der Waals surface area contributed by atoms with Crippen molar-refractivity contribution in [3.63, 3.8) is 0 Å². The summed E-state index contributed by atoms with van der Waals surface area (Å²) in [5.41, 5.74) is 1.02. The second-order valence-electron chi connectivity index (χ2n) is 5.57. The third kappa shape index (κ3) is 5.31. The predicted octanol–water partition coefficient (Wildman–Crippen LogP) is 3.34. The lowest BCUT2D eigenvalue weighted by Gasteiger charge is -2.12. The van der Waals surface area contributed by atoms with E-state index < -0.39 is 0 Å². The van der Waals surface area contributed by atoms with Crippen LogP contribution in [0.2, 0.25) is 5.02 Å². The molecular weight excluding hydrogens is 429 g/mol. The normalized spacial score (nSPS) is 17.0. The molecule has 1 aliphatic carbocycles. The topological polar surface area (TPSA) is 54.9 Å². The fraction of sp³-hybridized carbons (Fsp3) is 0.562. The summed E-state index contributed by atoms with van der Waals surface area (Å²) in [6, 6.07) is 4.45. The van der Waals surface area contributed by atoms with Crippen molar-refractivity contribution in [2.24, 2.45) is 4.99 Å². The number of benzene rings is 1. The molecule has 5 nitrogen and oxygen atoms in total. The summed E-state index contributed by atoms with van der Waals surface area (Å²) in [4.78, 5) is 4.62. The van der Waals surface area contributed by atoms with Crippen LogP contribution in [0.5, 0.6) is 11.5 Å². The number of aliphatic imine (C=N–C) groups is 1. The highest BCUT2D eigenvalue weighted by atomic mass is 127. The maximum Gasteiger partial charge on any atom is 0.191 e. The van der Waals surface area contributed by atoms with Gasteiger partial charge in [0.1, 0.15) is 0 Å². The summed E-state index contributed by atoms with van der Waals surface area (Å²) < 4.78 is 11.4. The average molecular weight is 452 g/mol. The molecule has 1 aromatic rings. The van der Waals surface area contributed by atoms with Crippen LogP contribution in [-0.2, 0) is 6.54 Å². The van der Waals surface area contributed by atoms with Crippen LogP contribution >= 0.6 is 35.6 Å². The molecule has 2 aliphatic rings. The van der Waals surface area contributed by atoms with Crippen LogP contribution in [0.15, 0.2) is 17.1 Å². The maximum absolute atomic E-state index is 6.31. The minimum Gasteiger partial charge on any atom is -0.489 e. The molecule has 0 atom stereocenters. The number of hydrogen-bond donors (Lipinski definition) is 2. The van der Waals surface area contributed by atoms with E-state index in [1.807, 2.05) is 12.1 Å². The monoisotopic (exact) mass is 451 g/mol. The van der Waals surface area contributed by atoms with Crippen LogP contribution in [0.25, 0.3) is 0 Å². The van der Waals surface area contributed by atoms with Gasteiger partial charge in [-0.2, -0.15) is 0 Å².